The standard InChI is InChI=1S/C24H21BrN2O3/c1-3-13-30-22-12-9-18(15-20(22)25)24(29)26-19-10-11-21(16(2)14-19)27-23(28)17-7-5-4-6-8-17/h3-12,14-15H,1,13H2,2H3,(H,26,29)(H,27,28). The lowest BCUT2D eigenvalue weighted by atomic mass is 10.1. The number of carbonyl (C=O) groups excluding carboxylic acids is 2. The van der Waals surface area contributed by atoms with Gasteiger partial charge in [0.15, 0.2) is 0 Å². The van der Waals surface area contributed by atoms with E-state index in [0.29, 0.717) is 39.3 Å². The number of nitrogens with one attached hydrogen (secondary N) is 2. The number of hydrogen-bond acceptors (Lipinski definition) is 3. The van der Waals surface area contributed by atoms with Gasteiger partial charge in [-0.15, -0.1) is 0 Å². The fraction of sp³-hybridized carbons (Fsp3) is 0.0833. The third-order valence-electron chi connectivity index (χ3n) is 4.32. The Balaban J connectivity index is 1.68. The Kier molecular flexibility index (Phi) is 7.03. The van der Waals surface area contributed by atoms with Crippen molar-refractivity contribution in [1.82, 2.24) is 0 Å². The molecule has 30 heavy (non-hydrogen) atoms. The molecule has 0 saturated heterocycles. The summed E-state index contributed by atoms with van der Waals surface area (Å²) in [5.41, 5.74) is 3.24. The number of benzene rings is 3. The summed E-state index contributed by atoms with van der Waals surface area (Å²) in [6.07, 6.45) is 1.65. The van der Waals surface area contributed by atoms with Crippen LogP contribution in [0.3, 0.4) is 0 Å². The zero-order valence-corrected chi connectivity index (χ0v) is 18.0. The molecule has 0 aliphatic carbocycles. The molecule has 0 saturated carbocycles. The van der Waals surface area contributed by atoms with Gasteiger partial charge in [-0.3, -0.25) is 9.59 Å². The number of hydrogen-bond donors (Lipinski definition) is 2. The van der Waals surface area contributed by atoms with E-state index in [4.69, 9.17) is 4.74 Å². The number of amides is 2. The second kappa shape index (κ2) is 9.89. The number of halogens is 1. The molecule has 3 rings (SSSR count). The van der Waals surface area contributed by atoms with E-state index in [1.165, 1.54) is 0 Å². The van der Waals surface area contributed by atoms with Gasteiger partial charge in [-0.25, -0.2) is 0 Å². The Morgan fingerprint density at radius 3 is 2.37 bits per heavy atom. The first-order valence-corrected chi connectivity index (χ1v) is 10.1. The van der Waals surface area contributed by atoms with E-state index in [1.54, 1.807) is 48.5 Å². The summed E-state index contributed by atoms with van der Waals surface area (Å²) in [6.45, 7) is 5.87. The molecule has 0 heterocycles. The zero-order valence-electron chi connectivity index (χ0n) is 16.4. The van der Waals surface area contributed by atoms with Crippen LogP contribution in [0.25, 0.3) is 0 Å². The zero-order chi connectivity index (χ0) is 21.5. The van der Waals surface area contributed by atoms with Crippen molar-refractivity contribution in [3.8, 4) is 5.75 Å². The minimum Gasteiger partial charge on any atom is -0.488 e. The van der Waals surface area contributed by atoms with Crippen LogP contribution in [-0.4, -0.2) is 18.4 Å². The van der Waals surface area contributed by atoms with Gasteiger partial charge < -0.3 is 15.4 Å². The van der Waals surface area contributed by atoms with Crippen LogP contribution >= 0.6 is 15.9 Å². The van der Waals surface area contributed by atoms with Crippen molar-refractivity contribution < 1.29 is 14.3 Å². The molecule has 3 aromatic carbocycles. The number of rotatable bonds is 7. The van der Waals surface area contributed by atoms with Crippen LogP contribution in [0.5, 0.6) is 5.75 Å². The van der Waals surface area contributed by atoms with E-state index >= 15 is 0 Å². The summed E-state index contributed by atoms with van der Waals surface area (Å²) < 4.78 is 6.19. The minimum atomic E-state index is -0.244. The molecule has 0 atom stereocenters. The van der Waals surface area contributed by atoms with Crippen molar-refractivity contribution in [1.29, 1.82) is 0 Å². The predicted octanol–water partition coefficient (Wildman–Crippen LogP) is 5.83. The van der Waals surface area contributed by atoms with Crippen molar-refractivity contribution in [2.75, 3.05) is 17.2 Å². The predicted molar refractivity (Wildman–Crippen MR) is 123 cm³/mol. The molecular weight excluding hydrogens is 444 g/mol. The molecule has 0 unspecified atom stereocenters. The number of aryl methyl sites for hydroxylation is 1. The van der Waals surface area contributed by atoms with Gasteiger partial charge in [0, 0.05) is 22.5 Å². The van der Waals surface area contributed by atoms with Crippen molar-refractivity contribution >= 4 is 39.1 Å². The molecule has 3 aromatic rings. The number of anilines is 2. The Hall–Kier alpha value is -3.38. The van der Waals surface area contributed by atoms with Crippen LogP contribution in [0.4, 0.5) is 11.4 Å². The summed E-state index contributed by atoms with van der Waals surface area (Å²) in [6, 6.07) is 19.5. The van der Waals surface area contributed by atoms with Gasteiger partial charge in [0.25, 0.3) is 11.8 Å². The first-order chi connectivity index (χ1) is 14.5. The third-order valence-corrected chi connectivity index (χ3v) is 4.94. The molecule has 0 radical (unpaired) electrons. The van der Waals surface area contributed by atoms with Gasteiger partial charge in [-0.2, -0.15) is 0 Å². The van der Waals surface area contributed by atoms with Gasteiger partial charge in [-0.1, -0.05) is 30.9 Å². The van der Waals surface area contributed by atoms with E-state index in [-0.39, 0.29) is 11.8 Å². The van der Waals surface area contributed by atoms with E-state index in [1.807, 2.05) is 31.2 Å². The molecule has 6 heteroatoms. The lowest BCUT2D eigenvalue weighted by molar-refractivity contribution is 0.101. The topological polar surface area (TPSA) is 67.4 Å². The highest BCUT2D eigenvalue weighted by molar-refractivity contribution is 9.10. The smallest absolute Gasteiger partial charge is 0.255 e. The lowest BCUT2D eigenvalue weighted by Gasteiger charge is -2.12. The highest BCUT2D eigenvalue weighted by atomic mass is 79.9. The van der Waals surface area contributed by atoms with Crippen LogP contribution in [0.15, 0.2) is 83.9 Å². The average Bonchev–Trinajstić information content (AvgIpc) is 2.75. The summed E-state index contributed by atoms with van der Waals surface area (Å²) in [7, 11) is 0. The summed E-state index contributed by atoms with van der Waals surface area (Å²) >= 11 is 3.41. The molecule has 2 amide bonds. The summed E-state index contributed by atoms with van der Waals surface area (Å²) in [5, 5.41) is 5.76. The van der Waals surface area contributed by atoms with Crippen LogP contribution in [0.2, 0.25) is 0 Å². The van der Waals surface area contributed by atoms with Crippen molar-refractivity contribution in [2.45, 2.75) is 6.92 Å². The quantitative estimate of drug-likeness (QED) is 0.432. The van der Waals surface area contributed by atoms with Crippen molar-refractivity contribution in [3.05, 3.63) is 101 Å². The van der Waals surface area contributed by atoms with Gasteiger partial charge >= 0.3 is 0 Å². The molecule has 0 aliphatic rings. The van der Waals surface area contributed by atoms with E-state index in [2.05, 4.69) is 33.1 Å². The highest BCUT2D eigenvalue weighted by Crippen LogP contribution is 2.27. The normalized spacial score (nSPS) is 10.2. The number of carbonyl (C=O) groups is 2. The molecule has 0 fully saturated rings. The summed E-state index contributed by atoms with van der Waals surface area (Å²) in [5.74, 6) is 0.214. The van der Waals surface area contributed by atoms with Gasteiger partial charge in [0.05, 0.1) is 4.47 Å². The average molecular weight is 465 g/mol. The largest absolute Gasteiger partial charge is 0.488 e. The molecule has 0 bridgehead atoms. The first kappa shape index (κ1) is 21.3. The lowest BCUT2D eigenvalue weighted by Crippen LogP contribution is -2.14. The molecule has 0 spiro atoms. The molecule has 2 N–H and O–H groups in total. The van der Waals surface area contributed by atoms with Crippen LogP contribution in [0.1, 0.15) is 26.3 Å². The van der Waals surface area contributed by atoms with Gasteiger partial charge in [0.2, 0.25) is 0 Å². The van der Waals surface area contributed by atoms with Crippen LogP contribution in [0, 0.1) is 6.92 Å². The first-order valence-electron chi connectivity index (χ1n) is 9.29. The number of ether oxygens (including phenoxy) is 1. The fourth-order valence-corrected chi connectivity index (χ4v) is 3.27. The van der Waals surface area contributed by atoms with E-state index in [9.17, 15) is 9.59 Å². The third kappa shape index (κ3) is 5.36. The maximum atomic E-state index is 12.6. The Bertz CT molecular complexity index is 1080. The SMILES string of the molecule is C=CCOc1ccc(C(=O)Nc2ccc(NC(=O)c3ccccc3)c(C)c2)cc1Br. The van der Waals surface area contributed by atoms with Crippen LogP contribution in [-0.2, 0) is 0 Å². The molecular formula is C24H21BrN2O3. The maximum Gasteiger partial charge on any atom is 0.255 e. The summed E-state index contributed by atoms with van der Waals surface area (Å²) in [4.78, 5) is 24.9. The maximum absolute atomic E-state index is 12.6. The van der Waals surface area contributed by atoms with Crippen molar-refractivity contribution in [3.63, 3.8) is 0 Å². The second-order valence-corrected chi connectivity index (χ2v) is 7.40. The van der Waals surface area contributed by atoms with E-state index < -0.39 is 0 Å². The Morgan fingerprint density at radius 2 is 1.70 bits per heavy atom. The Labute approximate surface area is 183 Å². The Morgan fingerprint density at radius 1 is 0.967 bits per heavy atom. The molecule has 5 nitrogen and oxygen atoms in total. The highest BCUT2D eigenvalue weighted by Gasteiger charge is 2.12. The monoisotopic (exact) mass is 464 g/mol. The van der Waals surface area contributed by atoms with Gasteiger partial charge in [0.1, 0.15) is 12.4 Å². The van der Waals surface area contributed by atoms with E-state index in [0.717, 1.165) is 5.56 Å². The van der Waals surface area contributed by atoms with Gasteiger partial charge in [-0.05, 0) is 76.9 Å². The molecule has 0 aliphatic heterocycles. The second-order valence-electron chi connectivity index (χ2n) is 6.55. The minimum absolute atomic E-state index is 0.181. The molecule has 152 valence electrons. The molecule has 0 aromatic heterocycles. The van der Waals surface area contributed by atoms with Crippen LogP contribution < -0.4 is 15.4 Å². The van der Waals surface area contributed by atoms with Crippen molar-refractivity contribution in [2.24, 2.45) is 0 Å². The fourth-order valence-electron chi connectivity index (χ4n) is 2.78.